The fourth-order valence-corrected chi connectivity index (χ4v) is 3.88. The summed E-state index contributed by atoms with van der Waals surface area (Å²) in [5, 5.41) is 3.73. The number of nitrogens with zero attached hydrogens (tertiary/aromatic N) is 4. The van der Waals surface area contributed by atoms with Crippen molar-refractivity contribution in [1.82, 2.24) is 4.90 Å². The molecule has 1 unspecified atom stereocenters. The zero-order chi connectivity index (χ0) is 17.6. The smallest absolute Gasteiger partial charge is 0.124 e. The fourth-order valence-electron chi connectivity index (χ4n) is 3.88. The zero-order valence-electron chi connectivity index (χ0n) is 14.2. The Kier molecular flexibility index (Phi) is 6.24. The zero-order valence-corrected chi connectivity index (χ0v) is 14.2. The highest BCUT2D eigenvalue weighted by Gasteiger charge is 2.33. The third kappa shape index (κ3) is 5.14. The molecule has 2 aliphatic heterocycles. The average molecular weight is 350 g/mol. The van der Waals surface area contributed by atoms with Gasteiger partial charge >= 0.3 is 0 Å². The van der Waals surface area contributed by atoms with Crippen molar-refractivity contribution in [2.75, 3.05) is 26.2 Å². The molecule has 0 N–H and O–H groups in total. The van der Waals surface area contributed by atoms with E-state index in [0.717, 1.165) is 37.9 Å². The van der Waals surface area contributed by atoms with Crippen LogP contribution in [0.4, 0.5) is 8.78 Å². The Morgan fingerprint density at radius 2 is 2.12 bits per heavy atom. The summed E-state index contributed by atoms with van der Waals surface area (Å²) in [6.45, 7) is 2.65. The van der Waals surface area contributed by atoms with Gasteiger partial charge in [0.25, 0.3) is 0 Å². The van der Waals surface area contributed by atoms with Crippen molar-refractivity contribution in [2.45, 2.75) is 44.0 Å². The summed E-state index contributed by atoms with van der Waals surface area (Å²) in [6, 6.07) is 6.26. The molecule has 136 valence electrons. The van der Waals surface area contributed by atoms with Gasteiger partial charge in [0.15, 0.2) is 0 Å². The van der Waals surface area contributed by atoms with Gasteiger partial charge in [-0.05, 0) is 61.4 Å². The van der Waals surface area contributed by atoms with Gasteiger partial charge in [-0.1, -0.05) is 17.2 Å². The number of azide groups is 1. The minimum absolute atomic E-state index is 0.0783. The maximum atomic E-state index is 13.5. The van der Waals surface area contributed by atoms with Gasteiger partial charge in [0, 0.05) is 18.0 Å². The molecule has 25 heavy (non-hydrogen) atoms. The summed E-state index contributed by atoms with van der Waals surface area (Å²) in [5.74, 6) is 0.299. The van der Waals surface area contributed by atoms with Gasteiger partial charge in [0.05, 0.1) is 18.8 Å². The first kappa shape index (κ1) is 18.1. The van der Waals surface area contributed by atoms with Crippen LogP contribution in [0.1, 0.15) is 24.8 Å². The summed E-state index contributed by atoms with van der Waals surface area (Å²) in [7, 11) is 0. The first-order valence-corrected chi connectivity index (χ1v) is 8.90. The third-order valence-electron chi connectivity index (χ3n) is 5.10. The second kappa shape index (κ2) is 8.61. The number of ether oxygens (including phenoxy) is 1. The summed E-state index contributed by atoms with van der Waals surface area (Å²) >= 11 is 0. The van der Waals surface area contributed by atoms with Crippen LogP contribution in [-0.4, -0.2) is 49.5 Å². The quantitative estimate of drug-likeness (QED) is 0.459. The predicted molar refractivity (Wildman–Crippen MR) is 91.5 cm³/mol. The average Bonchev–Trinajstić information content (AvgIpc) is 2.60. The Morgan fingerprint density at radius 3 is 2.88 bits per heavy atom. The van der Waals surface area contributed by atoms with Gasteiger partial charge in [-0.3, -0.25) is 0 Å². The number of benzene rings is 1. The lowest BCUT2D eigenvalue weighted by Crippen LogP contribution is -2.48. The summed E-state index contributed by atoms with van der Waals surface area (Å²) < 4.78 is 32.1. The molecule has 3 rings (SSSR count). The van der Waals surface area contributed by atoms with E-state index in [-0.39, 0.29) is 24.9 Å². The highest BCUT2D eigenvalue weighted by molar-refractivity contribution is 5.16. The molecule has 7 heteroatoms. The number of alkyl halides is 1. The van der Waals surface area contributed by atoms with Crippen molar-refractivity contribution in [2.24, 2.45) is 11.0 Å². The summed E-state index contributed by atoms with van der Waals surface area (Å²) in [5.41, 5.74) is 9.84. The molecule has 0 amide bonds. The molecule has 1 aromatic rings. The van der Waals surface area contributed by atoms with E-state index >= 15 is 0 Å². The van der Waals surface area contributed by atoms with Crippen LogP contribution >= 0.6 is 0 Å². The van der Waals surface area contributed by atoms with Crippen molar-refractivity contribution in [1.29, 1.82) is 0 Å². The minimum atomic E-state index is -1.06. The Morgan fingerprint density at radius 1 is 1.32 bits per heavy atom. The molecule has 4 atom stereocenters. The van der Waals surface area contributed by atoms with Crippen molar-refractivity contribution in [3.8, 4) is 0 Å². The van der Waals surface area contributed by atoms with Gasteiger partial charge in [-0.15, -0.1) is 0 Å². The van der Waals surface area contributed by atoms with Gasteiger partial charge in [0.1, 0.15) is 12.0 Å². The highest BCUT2D eigenvalue weighted by atomic mass is 19.1. The van der Waals surface area contributed by atoms with E-state index in [1.807, 2.05) is 12.1 Å². The SMILES string of the molecule is [N-]=[N+]=N[C@@H]1C[C@@H](F)CO[C@@H]1CN1CCCC(Cc2ccc(F)cc2)C1. The third-order valence-corrected chi connectivity index (χ3v) is 5.10. The fraction of sp³-hybridized carbons (Fsp3) is 0.667. The molecule has 0 aliphatic carbocycles. The number of hydrogen-bond acceptors (Lipinski definition) is 3. The van der Waals surface area contributed by atoms with Crippen LogP contribution in [-0.2, 0) is 11.2 Å². The lowest BCUT2D eigenvalue weighted by molar-refractivity contribution is -0.0569. The van der Waals surface area contributed by atoms with E-state index < -0.39 is 12.2 Å². The molecule has 2 heterocycles. The van der Waals surface area contributed by atoms with Crippen molar-refractivity contribution in [3.05, 3.63) is 46.1 Å². The number of halogens is 2. The van der Waals surface area contributed by atoms with Crippen LogP contribution in [0.5, 0.6) is 0 Å². The standard InChI is InChI=1S/C18H24F2N4O/c19-15-5-3-13(4-6-15)8-14-2-1-7-24(10-14)11-18-17(22-23-21)9-16(20)12-25-18/h3-6,14,16-18H,1-2,7-12H2/t14?,16-,17-,18-/m1/s1. The van der Waals surface area contributed by atoms with Gasteiger partial charge in [0.2, 0.25) is 0 Å². The lowest BCUT2D eigenvalue weighted by Gasteiger charge is -2.38. The number of likely N-dealkylation sites (tertiary alicyclic amines) is 1. The van der Waals surface area contributed by atoms with E-state index in [1.54, 1.807) is 0 Å². The first-order chi connectivity index (χ1) is 12.1. The van der Waals surface area contributed by atoms with Crippen LogP contribution in [0.25, 0.3) is 10.4 Å². The molecule has 0 bridgehead atoms. The monoisotopic (exact) mass is 350 g/mol. The minimum Gasteiger partial charge on any atom is -0.373 e. The molecule has 2 saturated heterocycles. The predicted octanol–water partition coefficient (Wildman–Crippen LogP) is 3.89. The van der Waals surface area contributed by atoms with Crippen molar-refractivity contribution < 1.29 is 13.5 Å². The van der Waals surface area contributed by atoms with E-state index in [4.69, 9.17) is 10.3 Å². The molecule has 0 aromatic heterocycles. The molecule has 0 radical (unpaired) electrons. The van der Waals surface area contributed by atoms with Crippen LogP contribution in [0.15, 0.2) is 29.4 Å². The molecular weight excluding hydrogens is 326 g/mol. The van der Waals surface area contributed by atoms with Crippen molar-refractivity contribution in [3.63, 3.8) is 0 Å². The maximum Gasteiger partial charge on any atom is 0.124 e. The summed E-state index contributed by atoms with van der Waals surface area (Å²) in [6.07, 6.45) is 2.10. The molecule has 2 aliphatic rings. The van der Waals surface area contributed by atoms with Gasteiger partial charge in [-0.2, -0.15) is 0 Å². The second-order valence-electron chi connectivity index (χ2n) is 7.08. The van der Waals surface area contributed by atoms with E-state index in [0.29, 0.717) is 12.5 Å². The van der Waals surface area contributed by atoms with Crippen molar-refractivity contribution >= 4 is 0 Å². The first-order valence-electron chi connectivity index (χ1n) is 8.90. The Labute approximate surface area is 146 Å². The molecule has 5 nitrogen and oxygen atoms in total. The van der Waals surface area contributed by atoms with Gasteiger partial charge in [-0.25, -0.2) is 8.78 Å². The largest absolute Gasteiger partial charge is 0.373 e. The number of rotatable bonds is 5. The van der Waals surface area contributed by atoms with Crippen LogP contribution in [0.3, 0.4) is 0 Å². The topological polar surface area (TPSA) is 61.2 Å². The van der Waals surface area contributed by atoms with Crippen LogP contribution in [0.2, 0.25) is 0 Å². The molecule has 0 spiro atoms. The van der Waals surface area contributed by atoms with Crippen LogP contribution in [0, 0.1) is 11.7 Å². The molecule has 1 aromatic carbocycles. The Balaban J connectivity index is 1.55. The van der Waals surface area contributed by atoms with Crippen LogP contribution < -0.4 is 0 Å². The lowest BCUT2D eigenvalue weighted by atomic mass is 9.90. The number of piperidine rings is 1. The summed E-state index contributed by atoms with van der Waals surface area (Å²) in [4.78, 5) is 5.16. The van der Waals surface area contributed by atoms with E-state index in [2.05, 4.69) is 14.9 Å². The Hall–Kier alpha value is -1.69. The normalized spacial score (nSPS) is 30.6. The Bertz CT molecular complexity index is 606. The van der Waals surface area contributed by atoms with E-state index in [9.17, 15) is 8.78 Å². The highest BCUT2D eigenvalue weighted by Crippen LogP contribution is 2.25. The second-order valence-corrected chi connectivity index (χ2v) is 7.08. The number of hydrogen-bond donors (Lipinski definition) is 0. The van der Waals surface area contributed by atoms with Gasteiger partial charge < -0.3 is 9.64 Å². The molecule has 0 saturated carbocycles. The van der Waals surface area contributed by atoms with E-state index in [1.165, 1.54) is 12.1 Å². The molecule has 2 fully saturated rings. The maximum absolute atomic E-state index is 13.5. The molecular formula is C18H24F2N4O.